The van der Waals surface area contributed by atoms with Crippen molar-refractivity contribution in [2.24, 2.45) is 0 Å². The Hall–Kier alpha value is -2.66. The fourth-order valence-electron chi connectivity index (χ4n) is 3.30. The lowest BCUT2D eigenvalue weighted by Gasteiger charge is -2.36. The van der Waals surface area contributed by atoms with Crippen LogP contribution in [0.25, 0.3) is 0 Å². The topological polar surface area (TPSA) is 58.6 Å². The smallest absolute Gasteiger partial charge is 0.254 e. The van der Waals surface area contributed by atoms with Crippen molar-refractivity contribution >= 4 is 11.8 Å². The van der Waals surface area contributed by atoms with Crippen molar-refractivity contribution in [3.05, 3.63) is 70.8 Å². The molecule has 0 saturated heterocycles. The first kappa shape index (κ1) is 18.1. The number of benzene rings is 2. The van der Waals surface area contributed by atoms with E-state index in [0.29, 0.717) is 25.3 Å². The highest BCUT2D eigenvalue weighted by Gasteiger charge is 2.35. The van der Waals surface area contributed by atoms with Crippen LogP contribution in [0.3, 0.4) is 0 Å². The Morgan fingerprint density at radius 3 is 2.62 bits per heavy atom. The molecule has 3 rings (SSSR count). The first-order valence-corrected chi connectivity index (χ1v) is 8.84. The van der Waals surface area contributed by atoms with E-state index in [4.69, 9.17) is 4.74 Å². The van der Waals surface area contributed by atoms with E-state index in [-0.39, 0.29) is 11.8 Å². The number of methoxy groups -OCH3 is 1. The first-order chi connectivity index (χ1) is 12.6. The molecule has 5 heteroatoms. The molecular formula is C21H24N2O3. The number of aryl methyl sites for hydroxylation is 1. The number of carbonyl (C=O) groups excluding carboxylic acids is 2. The largest absolute Gasteiger partial charge is 0.383 e. The Morgan fingerprint density at radius 1 is 1.15 bits per heavy atom. The predicted molar refractivity (Wildman–Crippen MR) is 100.0 cm³/mol. The maximum atomic E-state index is 13.1. The summed E-state index contributed by atoms with van der Waals surface area (Å²) in [6.45, 7) is 3.36. The number of rotatable bonds is 5. The Kier molecular flexibility index (Phi) is 5.68. The van der Waals surface area contributed by atoms with E-state index in [1.165, 1.54) is 0 Å². The van der Waals surface area contributed by atoms with Crippen LogP contribution in [0, 0.1) is 6.92 Å². The van der Waals surface area contributed by atoms with E-state index in [1.807, 2.05) is 55.5 Å². The van der Waals surface area contributed by atoms with Crippen LogP contribution in [0.4, 0.5) is 0 Å². The average Bonchev–Trinajstić information content (AvgIpc) is 2.67. The Bertz CT molecular complexity index is 786. The molecule has 1 aliphatic rings. The Labute approximate surface area is 154 Å². The van der Waals surface area contributed by atoms with Crippen LogP contribution in [0.15, 0.2) is 48.5 Å². The van der Waals surface area contributed by atoms with E-state index in [2.05, 4.69) is 5.32 Å². The van der Waals surface area contributed by atoms with Gasteiger partial charge in [0.1, 0.15) is 6.04 Å². The summed E-state index contributed by atoms with van der Waals surface area (Å²) in [5.74, 6) is -0.291. The van der Waals surface area contributed by atoms with Crippen LogP contribution in [-0.4, -0.2) is 43.5 Å². The van der Waals surface area contributed by atoms with Crippen LogP contribution in [0.5, 0.6) is 0 Å². The van der Waals surface area contributed by atoms with Crippen molar-refractivity contribution in [3.8, 4) is 0 Å². The third kappa shape index (κ3) is 3.78. The fraction of sp³-hybridized carbons (Fsp3) is 0.333. The summed E-state index contributed by atoms with van der Waals surface area (Å²) in [4.78, 5) is 27.6. The van der Waals surface area contributed by atoms with Crippen LogP contribution in [0.2, 0.25) is 0 Å². The molecule has 1 atom stereocenters. The van der Waals surface area contributed by atoms with E-state index in [9.17, 15) is 9.59 Å². The molecule has 0 radical (unpaired) electrons. The summed E-state index contributed by atoms with van der Waals surface area (Å²) >= 11 is 0. The minimum Gasteiger partial charge on any atom is -0.383 e. The molecule has 2 aromatic rings. The summed E-state index contributed by atoms with van der Waals surface area (Å²) in [5, 5.41) is 2.88. The van der Waals surface area contributed by atoms with Crippen molar-refractivity contribution in [3.63, 3.8) is 0 Å². The molecule has 0 saturated carbocycles. The number of ether oxygens (including phenoxy) is 1. The summed E-state index contributed by atoms with van der Waals surface area (Å²) < 4.78 is 5.01. The van der Waals surface area contributed by atoms with Gasteiger partial charge < -0.3 is 15.0 Å². The van der Waals surface area contributed by atoms with E-state index in [0.717, 1.165) is 23.1 Å². The van der Waals surface area contributed by atoms with Gasteiger partial charge in [-0.2, -0.15) is 0 Å². The summed E-state index contributed by atoms with van der Waals surface area (Å²) in [5.41, 5.74) is 3.71. The second-order valence-electron chi connectivity index (χ2n) is 6.50. The number of nitrogens with one attached hydrogen (secondary N) is 1. The molecule has 0 aromatic heterocycles. The minimum atomic E-state index is -0.620. The molecule has 26 heavy (non-hydrogen) atoms. The highest BCUT2D eigenvalue weighted by atomic mass is 16.5. The molecule has 1 heterocycles. The fourth-order valence-corrected chi connectivity index (χ4v) is 3.30. The van der Waals surface area contributed by atoms with Gasteiger partial charge in [0.25, 0.3) is 5.91 Å². The monoisotopic (exact) mass is 352 g/mol. The molecular weight excluding hydrogens is 328 g/mol. The predicted octanol–water partition coefficient (Wildman–Crippen LogP) is 2.50. The van der Waals surface area contributed by atoms with Gasteiger partial charge >= 0.3 is 0 Å². The van der Waals surface area contributed by atoms with Gasteiger partial charge in [-0.1, -0.05) is 42.0 Å². The number of fused-ring (bicyclic) bond motifs is 1. The number of carbonyl (C=O) groups is 2. The SMILES string of the molecule is COCCNC(=O)C1c2ccccc2CCN1C(=O)c1ccc(C)cc1. The Morgan fingerprint density at radius 2 is 1.88 bits per heavy atom. The number of hydrogen-bond acceptors (Lipinski definition) is 3. The molecule has 0 spiro atoms. The number of hydrogen-bond donors (Lipinski definition) is 1. The third-order valence-corrected chi connectivity index (χ3v) is 4.70. The van der Waals surface area contributed by atoms with Gasteiger partial charge in [0.2, 0.25) is 5.91 Å². The normalized spacial score (nSPS) is 16.1. The molecule has 2 amide bonds. The van der Waals surface area contributed by atoms with E-state index >= 15 is 0 Å². The summed E-state index contributed by atoms with van der Waals surface area (Å²) in [6, 6.07) is 14.7. The molecule has 1 aliphatic heterocycles. The third-order valence-electron chi connectivity index (χ3n) is 4.70. The van der Waals surface area contributed by atoms with Gasteiger partial charge in [-0.3, -0.25) is 9.59 Å². The van der Waals surface area contributed by atoms with Gasteiger partial charge in [-0.25, -0.2) is 0 Å². The highest BCUT2D eigenvalue weighted by Crippen LogP contribution is 2.31. The quantitative estimate of drug-likeness (QED) is 0.841. The second-order valence-corrected chi connectivity index (χ2v) is 6.50. The van der Waals surface area contributed by atoms with Gasteiger partial charge in [0.15, 0.2) is 0 Å². The van der Waals surface area contributed by atoms with Crippen molar-refractivity contribution in [2.45, 2.75) is 19.4 Å². The minimum absolute atomic E-state index is 0.119. The lowest BCUT2D eigenvalue weighted by molar-refractivity contribution is -0.126. The lowest BCUT2D eigenvalue weighted by Crippen LogP contribution is -2.47. The van der Waals surface area contributed by atoms with Gasteiger partial charge in [0, 0.05) is 25.8 Å². The zero-order chi connectivity index (χ0) is 18.5. The van der Waals surface area contributed by atoms with Crippen LogP contribution in [0.1, 0.15) is 33.1 Å². The number of nitrogens with zero attached hydrogens (tertiary/aromatic N) is 1. The van der Waals surface area contributed by atoms with Gasteiger partial charge in [0.05, 0.1) is 6.61 Å². The molecule has 2 aromatic carbocycles. The maximum Gasteiger partial charge on any atom is 0.254 e. The van der Waals surface area contributed by atoms with Crippen molar-refractivity contribution in [1.29, 1.82) is 0 Å². The van der Waals surface area contributed by atoms with Gasteiger partial charge in [-0.05, 0) is 36.6 Å². The molecule has 0 fully saturated rings. The zero-order valence-corrected chi connectivity index (χ0v) is 15.2. The second kappa shape index (κ2) is 8.15. The summed E-state index contributed by atoms with van der Waals surface area (Å²) in [7, 11) is 1.59. The zero-order valence-electron chi connectivity index (χ0n) is 15.2. The van der Waals surface area contributed by atoms with Gasteiger partial charge in [-0.15, -0.1) is 0 Å². The van der Waals surface area contributed by atoms with E-state index < -0.39 is 6.04 Å². The molecule has 0 aliphatic carbocycles. The van der Waals surface area contributed by atoms with E-state index in [1.54, 1.807) is 12.0 Å². The maximum absolute atomic E-state index is 13.1. The average molecular weight is 352 g/mol. The van der Waals surface area contributed by atoms with Crippen LogP contribution in [-0.2, 0) is 16.0 Å². The lowest BCUT2D eigenvalue weighted by atomic mass is 9.91. The Balaban J connectivity index is 1.91. The standard InChI is InChI=1S/C21H24N2O3/c1-15-7-9-17(10-8-15)21(25)23-13-11-16-5-3-4-6-18(16)19(23)20(24)22-12-14-26-2/h3-10,19H,11-14H2,1-2H3,(H,22,24). The van der Waals surface area contributed by atoms with Crippen molar-refractivity contribution in [1.82, 2.24) is 10.2 Å². The van der Waals surface area contributed by atoms with Crippen LogP contribution >= 0.6 is 0 Å². The molecule has 1 N–H and O–H groups in total. The van der Waals surface area contributed by atoms with Crippen molar-refractivity contribution < 1.29 is 14.3 Å². The molecule has 0 bridgehead atoms. The number of amides is 2. The highest BCUT2D eigenvalue weighted by molar-refractivity contribution is 5.98. The van der Waals surface area contributed by atoms with Crippen LogP contribution < -0.4 is 5.32 Å². The van der Waals surface area contributed by atoms with Crippen molar-refractivity contribution in [2.75, 3.05) is 26.8 Å². The molecule has 5 nitrogen and oxygen atoms in total. The molecule has 136 valence electrons. The first-order valence-electron chi connectivity index (χ1n) is 8.84. The summed E-state index contributed by atoms with van der Waals surface area (Å²) in [6.07, 6.45) is 0.746. The molecule has 1 unspecified atom stereocenters.